The predicted octanol–water partition coefficient (Wildman–Crippen LogP) is 0.0691. The van der Waals surface area contributed by atoms with Crippen LogP contribution >= 0.6 is 0 Å². The number of imidazole rings is 1. The van der Waals surface area contributed by atoms with Crippen molar-refractivity contribution in [2.24, 2.45) is 20.0 Å². The summed E-state index contributed by atoms with van der Waals surface area (Å²) in [6, 6.07) is -0.488. The highest BCUT2D eigenvalue weighted by molar-refractivity contribution is 5.71. The van der Waals surface area contributed by atoms with E-state index in [-0.39, 0.29) is 17.1 Å². The lowest BCUT2D eigenvalue weighted by Crippen LogP contribution is -2.37. The summed E-state index contributed by atoms with van der Waals surface area (Å²) >= 11 is 0. The Hall–Kier alpha value is -2.58. The lowest BCUT2D eigenvalue weighted by Gasteiger charge is -2.32. The first kappa shape index (κ1) is 14.4. The highest BCUT2D eigenvalue weighted by Gasteiger charge is 2.33. The van der Waals surface area contributed by atoms with Crippen molar-refractivity contribution in [2.45, 2.75) is 25.3 Å². The molecule has 0 spiro atoms. The largest absolute Gasteiger partial charge is 0.465 e. The standard InChI is InChI=1S/C13H17N5O4/c1-17-8-10(18(2)12(20)16-11(8)19)15-9(17)7(14-13(21)22)6-4-3-5-6/h6-7,14H,3-5H2,1-2H3,(H,21,22)(H,16,19,20). The van der Waals surface area contributed by atoms with Gasteiger partial charge in [-0.1, -0.05) is 6.42 Å². The van der Waals surface area contributed by atoms with Crippen LogP contribution in [0.2, 0.25) is 0 Å². The first-order chi connectivity index (χ1) is 10.4. The summed E-state index contributed by atoms with van der Waals surface area (Å²) < 4.78 is 2.81. The molecule has 2 heterocycles. The Morgan fingerprint density at radius 1 is 1.36 bits per heavy atom. The second-order valence-electron chi connectivity index (χ2n) is 5.64. The zero-order chi connectivity index (χ0) is 16.0. The van der Waals surface area contributed by atoms with Gasteiger partial charge in [-0.05, 0) is 18.8 Å². The van der Waals surface area contributed by atoms with Crippen molar-refractivity contribution in [1.29, 1.82) is 0 Å². The summed E-state index contributed by atoms with van der Waals surface area (Å²) in [7, 11) is 3.17. The molecule has 118 valence electrons. The van der Waals surface area contributed by atoms with E-state index in [1.807, 2.05) is 0 Å². The van der Waals surface area contributed by atoms with E-state index < -0.39 is 23.4 Å². The number of aromatic amines is 1. The SMILES string of the molecule is Cn1c(C(NC(=O)O)C2CCC2)nc2c1c(=O)[nH]c(=O)n2C. The molecule has 1 aliphatic carbocycles. The van der Waals surface area contributed by atoms with E-state index in [0.717, 1.165) is 19.3 Å². The van der Waals surface area contributed by atoms with Gasteiger partial charge in [0.2, 0.25) is 0 Å². The molecule has 1 unspecified atom stereocenters. The van der Waals surface area contributed by atoms with Crippen LogP contribution in [0, 0.1) is 5.92 Å². The molecule has 0 bridgehead atoms. The third kappa shape index (κ3) is 2.09. The van der Waals surface area contributed by atoms with Crippen LogP contribution in [-0.2, 0) is 14.1 Å². The van der Waals surface area contributed by atoms with Crippen molar-refractivity contribution < 1.29 is 9.90 Å². The van der Waals surface area contributed by atoms with Crippen LogP contribution in [0.25, 0.3) is 11.2 Å². The molecule has 3 rings (SSSR count). The van der Waals surface area contributed by atoms with Gasteiger partial charge in [0.05, 0.1) is 6.04 Å². The third-order valence-electron chi connectivity index (χ3n) is 4.35. The van der Waals surface area contributed by atoms with Gasteiger partial charge < -0.3 is 15.0 Å². The number of nitrogens with zero attached hydrogens (tertiary/aromatic N) is 3. The van der Waals surface area contributed by atoms with Crippen LogP contribution < -0.4 is 16.6 Å². The number of carboxylic acid groups (broad SMARTS) is 1. The number of H-pyrrole nitrogens is 1. The van der Waals surface area contributed by atoms with Gasteiger partial charge in [-0.15, -0.1) is 0 Å². The molecular formula is C13H17N5O4. The lowest BCUT2D eigenvalue weighted by atomic mass is 9.79. The zero-order valence-corrected chi connectivity index (χ0v) is 12.3. The molecule has 1 fully saturated rings. The van der Waals surface area contributed by atoms with Gasteiger partial charge in [0.15, 0.2) is 11.2 Å². The van der Waals surface area contributed by atoms with Gasteiger partial charge in [0.1, 0.15) is 5.82 Å². The Balaban J connectivity index is 2.21. The van der Waals surface area contributed by atoms with Gasteiger partial charge in [-0.25, -0.2) is 14.6 Å². The van der Waals surface area contributed by atoms with Crippen LogP contribution in [0.1, 0.15) is 31.1 Å². The topological polar surface area (TPSA) is 122 Å². The number of aromatic nitrogens is 4. The number of hydrogen-bond donors (Lipinski definition) is 3. The van der Waals surface area contributed by atoms with E-state index in [4.69, 9.17) is 5.11 Å². The second-order valence-corrected chi connectivity index (χ2v) is 5.64. The Morgan fingerprint density at radius 2 is 2.05 bits per heavy atom. The Morgan fingerprint density at radius 3 is 2.59 bits per heavy atom. The first-order valence-corrected chi connectivity index (χ1v) is 7.05. The number of hydrogen-bond acceptors (Lipinski definition) is 4. The fraction of sp³-hybridized carbons (Fsp3) is 0.538. The highest BCUT2D eigenvalue weighted by atomic mass is 16.4. The summed E-state index contributed by atoms with van der Waals surface area (Å²) in [5, 5.41) is 11.5. The lowest BCUT2D eigenvalue weighted by molar-refractivity contribution is 0.167. The molecule has 1 atom stereocenters. The molecule has 9 heteroatoms. The predicted molar refractivity (Wildman–Crippen MR) is 77.8 cm³/mol. The Labute approximate surface area is 124 Å². The van der Waals surface area contributed by atoms with E-state index in [2.05, 4.69) is 15.3 Å². The maximum Gasteiger partial charge on any atom is 0.405 e. The summed E-state index contributed by atoms with van der Waals surface area (Å²) in [6.07, 6.45) is 1.73. The monoisotopic (exact) mass is 307 g/mol. The number of rotatable bonds is 3. The van der Waals surface area contributed by atoms with E-state index in [1.165, 1.54) is 11.6 Å². The molecule has 9 nitrogen and oxygen atoms in total. The van der Waals surface area contributed by atoms with E-state index in [1.54, 1.807) is 11.6 Å². The zero-order valence-electron chi connectivity index (χ0n) is 12.3. The van der Waals surface area contributed by atoms with E-state index >= 15 is 0 Å². The fourth-order valence-electron chi connectivity index (χ4n) is 2.90. The quantitative estimate of drug-likeness (QED) is 0.740. The third-order valence-corrected chi connectivity index (χ3v) is 4.35. The normalized spacial score (nSPS) is 16.5. The molecule has 3 N–H and O–H groups in total. The highest BCUT2D eigenvalue weighted by Crippen LogP contribution is 2.37. The molecule has 22 heavy (non-hydrogen) atoms. The molecule has 0 saturated heterocycles. The van der Waals surface area contributed by atoms with Crippen molar-refractivity contribution in [3.05, 3.63) is 26.7 Å². The van der Waals surface area contributed by atoms with Gasteiger partial charge >= 0.3 is 11.8 Å². The van der Waals surface area contributed by atoms with Crippen LogP contribution in [0.5, 0.6) is 0 Å². The summed E-state index contributed by atoms with van der Waals surface area (Å²) in [4.78, 5) is 41.4. The molecule has 0 aliphatic heterocycles. The average molecular weight is 307 g/mol. The molecule has 1 saturated carbocycles. The van der Waals surface area contributed by atoms with Gasteiger partial charge in [0.25, 0.3) is 5.56 Å². The number of nitrogens with one attached hydrogen (secondary N) is 2. The summed E-state index contributed by atoms with van der Waals surface area (Å²) in [5.74, 6) is 0.608. The number of carbonyl (C=O) groups is 1. The van der Waals surface area contributed by atoms with Gasteiger partial charge in [-0.3, -0.25) is 14.3 Å². The van der Waals surface area contributed by atoms with Crippen LogP contribution in [0.3, 0.4) is 0 Å². The second kappa shape index (κ2) is 5.00. The molecular weight excluding hydrogens is 290 g/mol. The van der Waals surface area contributed by atoms with Gasteiger partial charge in [0, 0.05) is 14.1 Å². The van der Waals surface area contributed by atoms with Crippen LogP contribution in [0.15, 0.2) is 9.59 Å². The molecule has 1 amide bonds. The van der Waals surface area contributed by atoms with Crippen molar-refractivity contribution in [2.75, 3.05) is 0 Å². The Bertz CT molecular complexity index is 858. The molecule has 0 aromatic carbocycles. The van der Waals surface area contributed by atoms with Crippen LogP contribution in [-0.4, -0.2) is 30.3 Å². The first-order valence-electron chi connectivity index (χ1n) is 7.05. The van der Waals surface area contributed by atoms with Crippen molar-refractivity contribution in [1.82, 2.24) is 24.4 Å². The molecule has 2 aromatic rings. The minimum atomic E-state index is -1.13. The minimum Gasteiger partial charge on any atom is -0.465 e. The van der Waals surface area contributed by atoms with E-state index in [0.29, 0.717) is 5.82 Å². The summed E-state index contributed by atoms with van der Waals surface area (Å²) in [5.41, 5.74) is -0.563. The van der Waals surface area contributed by atoms with Crippen molar-refractivity contribution in [3.8, 4) is 0 Å². The minimum absolute atomic E-state index is 0.155. The molecule has 2 aromatic heterocycles. The van der Waals surface area contributed by atoms with Crippen molar-refractivity contribution in [3.63, 3.8) is 0 Å². The van der Waals surface area contributed by atoms with Crippen molar-refractivity contribution >= 4 is 17.3 Å². The van der Waals surface area contributed by atoms with E-state index in [9.17, 15) is 14.4 Å². The Kier molecular flexibility index (Phi) is 3.27. The number of fused-ring (bicyclic) bond motifs is 1. The molecule has 0 radical (unpaired) electrons. The van der Waals surface area contributed by atoms with Gasteiger partial charge in [-0.2, -0.15) is 0 Å². The maximum atomic E-state index is 12.0. The average Bonchev–Trinajstić information content (AvgIpc) is 2.71. The number of aryl methyl sites for hydroxylation is 2. The fourth-order valence-corrected chi connectivity index (χ4v) is 2.90. The smallest absolute Gasteiger partial charge is 0.405 e. The van der Waals surface area contributed by atoms with Crippen LogP contribution in [0.4, 0.5) is 4.79 Å². The maximum absolute atomic E-state index is 12.0. The summed E-state index contributed by atoms with van der Waals surface area (Å²) in [6.45, 7) is 0. The number of amides is 1. The molecule has 1 aliphatic rings.